The van der Waals surface area contributed by atoms with Gasteiger partial charge in [-0.25, -0.2) is 0 Å². The van der Waals surface area contributed by atoms with Crippen molar-refractivity contribution in [3.8, 4) is 5.88 Å². The highest BCUT2D eigenvalue weighted by atomic mass is 16.3. The zero-order valence-corrected chi connectivity index (χ0v) is 12.4. The number of rotatable bonds is 4. The number of carbonyl (C=O) groups excluding carboxylic acids is 3. The van der Waals surface area contributed by atoms with Crippen LogP contribution in [0.15, 0.2) is 48.5 Å². The van der Waals surface area contributed by atoms with E-state index in [4.69, 9.17) is 5.73 Å². The number of Topliss-reactive ketones (excluding diaryl/α,β-unsaturated/α-hetero) is 1. The van der Waals surface area contributed by atoms with E-state index in [9.17, 15) is 19.5 Å². The summed E-state index contributed by atoms with van der Waals surface area (Å²) in [5, 5.41) is 12.8. The Morgan fingerprint density at radius 2 is 1.67 bits per heavy atom. The maximum absolute atomic E-state index is 12.4. The molecular weight excluding hydrogens is 310 g/mol. The Hall–Kier alpha value is -3.61. The van der Waals surface area contributed by atoms with Gasteiger partial charge in [0.05, 0.1) is 5.56 Å². The normalized spacial score (nSPS) is 10.5. The number of primary amides is 1. The lowest BCUT2D eigenvalue weighted by molar-refractivity contribution is -0.112. The van der Waals surface area contributed by atoms with Crippen LogP contribution in [-0.4, -0.2) is 27.7 Å². The number of hydrogen-bond donors (Lipinski definition) is 4. The third-order valence-corrected chi connectivity index (χ3v) is 3.55. The molecule has 0 aliphatic rings. The van der Waals surface area contributed by atoms with E-state index in [0.29, 0.717) is 16.6 Å². The van der Waals surface area contributed by atoms with Crippen LogP contribution in [0.2, 0.25) is 0 Å². The first-order valence-electron chi connectivity index (χ1n) is 7.02. The van der Waals surface area contributed by atoms with Crippen molar-refractivity contribution >= 4 is 34.2 Å². The van der Waals surface area contributed by atoms with E-state index in [0.717, 1.165) is 0 Å². The largest absolute Gasteiger partial charge is 0.494 e. The molecule has 0 aliphatic carbocycles. The minimum Gasteiger partial charge on any atom is -0.494 e. The molecule has 3 rings (SSSR count). The fourth-order valence-corrected chi connectivity index (χ4v) is 2.38. The molecule has 2 amide bonds. The van der Waals surface area contributed by atoms with E-state index in [1.807, 2.05) is 0 Å². The van der Waals surface area contributed by atoms with Crippen molar-refractivity contribution in [3.05, 3.63) is 59.7 Å². The minimum absolute atomic E-state index is 0.0862. The second-order valence-corrected chi connectivity index (χ2v) is 5.12. The monoisotopic (exact) mass is 323 g/mol. The van der Waals surface area contributed by atoms with E-state index >= 15 is 0 Å². The number of carbonyl (C=O) groups is 3. The zero-order chi connectivity index (χ0) is 17.3. The molecule has 120 valence electrons. The highest BCUT2D eigenvalue weighted by Crippen LogP contribution is 2.27. The van der Waals surface area contributed by atoms with Gasteiger partial charge in [0.25, 0.3) is 11.7 Å². The summed E-state index contributed by atoms with van der Waals surface area (Å²) in [7, 11) is 0. The molecule has 0 radical (unpaired) electrons. The Morgan fingerprint density at radius 1 is 1.00 bits per heavy atom. The Morgan fingerprint density at radius 3 is 2.33 bits per heavy atom. The number of benzene rings is 2. The number of aromatic amines is 1. The van der Waals surface area contributed by atoms with Crippen LogP contribution in [0.1, 0.15) is 20.7 Å². The molecule has 0 saturated heterocycles. The van der Waals surface area contributed by atoms with Crippen molar-refractivity contribution in [3.63, 3.8) is 0 Å². The summed E-state index contributed by atoms with van der Waals surface area (Å²) in [6, 6.07) is 12.6. The zero-order valence-electron chi connectivity index (χ0n) is 12.4. The van der Waals surface area contributed by atoms with Gasteiger partial charge in [0, 0.05) is 22.2 Å². The van der Waals surface area contributed by atoms with Crippen molar-refractivity contribution < 1.29 is 19.5 Å². The summed E-state index contributed by atoms with van der Waals surface area (Å²) in [4.78, 5) is 38.2. The van der Waals surface area contributed by atoms with Crippen molar-refractivity contribution in [2.75, 3.05) is 5.32 Å². The van der Waals surface area contributed by atoms with Crippen LogP contribution in [0.5, 0.6) is 5.88 Å². The summed E-state index contributed by atoms with van der Waals surface area (Å²) in [6.07, 6.45) is 0. The fourth-order valence-electron chi connectivity index (χ4n) is 2.38. The van der Waals surface area contributed by atoms with Gasteiger partial charge in [-0.15, -0.1) is 0 Å². The predicted octanol–water partition coefficient (Wildman–Crippen LogP) is 1.79. The van der Waals surface area contributed by atoms with Crippen LogP contribution < -0.4 is 11.1 Å². The second-order valence-electron chi connectivity index (χ2n) is 5.12. The molecule has 5 N–H and O–H groups in total. The van der Waals surface area contributed by atoms with Crippen LogP contribution in [0.4, 0.5) is 5.69 Å². The maximum atomic E-state index is 12.4. The highest BCUT2D eigenvalue weighted by Gasteiger charge is 2.24. The van der Waals surface area contributed by atoms with Gasteiger partial charge in [0.2, 0.25) is 11.8 Å². The van der Waals surface area contributed by atoms with Gasteiger partial charge in [-0.05, 0) is 30.3 Å². The van der Waals surface area contributed by atoms with Gasteiger partial charge in [0.1, 0.15) is 0 Å². The molecule has 7 nitrogen and oxygen atoms in total. The van der Waals surface area contributed by atoms with Gasteiger partial charge in [-0.2, -0.15) is 0 Å². The molecule has 0 saturated carbocycles. The number of ketones is 1. The summed E-state index contributed by atoms with van der Waals surface area (Å²) in [5.74, 6) is -2.72. The molecule has 0 bridgehead atoms. The molecule has 24 heavy (non-hydrogen) atoms. The average Bonchev–Trinajstić information content (AvgIpc) is 2.90. The number of anilines is 1. The number of para-hydroxylation sites is 1. The fraction of sp³-hybridized carbons (Fsp3) is 0. The van der Waals surface area contributed by atoms with Crippen LogP contribution in [-0.2, 0) is 4.79 Å². The number of aromatic nitrogens is 1. The van der Waals surface area contributed by atoms with Gasteiger partial charge < -0.3 is 21.1 Å². The Bertz CT molecular complexity index is 958. The Balaban J connectivity index is 1.85. The molecule has 2 aromatic carbocycles. The third-order valence-electron chi connectivity index (χ3n) is 3.55. The maximum Gasteiger partial charge on any atom is 0.297 e. The molecule has 0 fully saturated rings. The lowest BCUT2D eigenvalue weighted by Gasteiger charge is -2.05. The molecule has 3 aromatic rings. The van der Waals surface area contributed by atoms with E-state index in [1.165, 1.54) is 24.3 Å². The first kappa shape index (κ1) is 15.3. The van der Waals surface area contributed by atoms with E-state index < -0.39 is 17.6 Å². The van der Waals surface area contributed by atoms with Gasteiger partial charge >= 0.3 is 0 Å². The number of aromatic hydroxyl groups is 1. The van der Waals surface area contributed by atoms with Crippen LogP contribution >= 0.6 is 0 Å². The summed E-state index contributed by atoms with van der Waals surface area (Å²) in [6.45, 7) is 0. The standard InChI is InChI=1S/C17H13N3O4/c18-15(22)9-5-7-10(8-6-9)19-17(24)14(21)13-11-3-1-2-4-12(11)20-16(13)23/h1-8,20,23H,(H2,18,22)(H,19,24). The number of amides is 2. The topological polar surface area (TPSA) is 125 Å². The van der Waals surface area contributed by atoms with E-state index in [2.05, 4.69) is 10.3 Å². The SMILES string of the molecule is NC(=O)c1ccc(NC(=O)C(=O)c2c(O)[nH]c3ccccc23)cc1. The van der Waals surface area contributed by atoms with Crippen molar-refractivity contribution in [1.82, 2.24) is 4.98 Å². The molecule has 0 unspecified atom stereocenters. The first-order valence-corrected chi connectivity index (χ1v) is 7.02. The molecule has 7 heteroatoms. The van der Waals surface area contributed by atoms with Crippen LogP contribution in [0.25, 0.3) is 10.9 Å². The quantitative estimate of drug-likeness (QED) is 0.431. The minimum atomic E-state index is -0.901. The summed E-state index contributed by atoms with van der Waals surface area (Å²) < 4.78 is 0. The third kappa shape index (κ3) is 2.70. The van der Waals surface area contributed by atoms with Crippen molar-refractivity contribution in [2.45, 2.75) is 0 Å². The lowest BCUT2D eigenvalue weighted by atomic mass is 10.1. The molecule has 1 heterocycles. The lowest BCUT2D eigenvalue weighted by Crippen LogP contribution is -2.23. The predicted molar refractivity (Wildman–Crippen MR) is 87.9 cm³/mol. The van der Waals surface area contributed by atoms with Crippen molar-refractivity contribution in [2.24, 2.45) is 5.73 Å². The number of nitrogens with two attached hydrogens (primary N) is 1. The molecule has 0 spiro atoms. The van der Waals surface area contributed by atoms with Gasteiger partial charge in [0.15, 0.2) is 0 Å². The van der Waals surface area contributed by atoms with Crippen LogP contribution in [0, 0.1) is 0 Å². The summed E-state index contributed by atoms with van der Waals surface area (Å²) in [5.41, 5.74) is 6.22. The number of hydrogen-bond acceptors (Lipinski definition) is 4. The number of H-pyrrole nitrogens is 1. The molecular formula is C17H13N3O4. The van der Waals surface area contributed by atoms with E-state index in [-0.39, 0.29) is 17.0 Å². The molecule has 1 aromatic heterocycles. The Labute approximate surface area is 136 Å². The van der Waals surface area contributed by atoms with Gasteiger partial charge in [-0.3, -0.25) is 14.4 Å². The number of nitrogens with one attached hydrogen (secondary N) is 2. The number of fused-ring (bicyclic) bond motifs is 1. The summed E-state index contributed by atoms with van der Waals surface area (Å²) >= 11 is 0. The first-order chi connectivity index (χ1) is 11.5. The highest BCUT2D eigenvalue weighted by molar-refractivity contribution is 6.49. The van der Waals surface area contributed by atoms with E-state index in [1.54, 1.807) is 24.3 Å². The smallest absolute Gasteiger partial charge is 0.297 e. The van der Waals surface area contributed by atoms with Crippen molar-refractivity contribution in [1.29, 1.82) is 0 Å². The van der Waals surface area contributed by atoms with Crippen LogP contribution in [0.3, 0.4) is 0 Å². The van der Waals surface area contributed by atoms with Gasteiger partial charge in [-0.1, -0.05) is 18.2 Å². The average molecular weight is 323 g/mol. The molecule has 0 aliphatic heterocycles. The molecule has 0 atom stereocenters. The Kier molecular flexibility index (Phi) is 3.75. The second kappa shape index (κ2) is 5.88.